The van der Waals surface area contributed by atoms with Gasteiger partial charge in [0.15, 0.2) is 0 Å². The fourth-order valence-electron chi connectivity index (χ4n) is 4.77. The zero-order valence-corrected chi connectivity index (χ0v) is 23.2. The summed E-state index contributed by atoms with van der Waals surface area (Å²) in [6, 6.07) is 5.48. The van der Waals surface area contributed by atoms with E-state index >= 15 is 0 Å². The smallest absolute Gasteiger partial charge is 0.325 e. The minimum Gasteiger partial charge on any atom is -0.460 e. The zero-order valence-electron chi connectivity index (χ0n) is 23.2. The van der Waals surface area contributed by atoms with Gasteiger partial charge in [0.05, 0.1) is 6.04 Å². The number of nitrogens with zero attached hydrogens (tertiary/aromatic N) is 1. The van der Waals surface area contributed by atoms with Crippen molar-refractivity contribution in [1.29, 1.82) is 0 Å². The second-order valence-electron chi connectivity index (χ2n) is 10.9. The Morgan fingerprint density at radius 1 is 1.02 bits per heavy atom. The molecular formula is C28H39N5O7. The first kappa shape index (κ1) is 30.6. The Hall–Kier alpha value is -3.96. The lowest BCUT2D eigenvalue weighted by Crippen LogP contribution is -2.59. The average molecular weight is 558 g/mol. The van der Waals surface area contributed by atoms with Crippen LogP contribution in [0.4, 0.5) is 4.79 Å². The van der Waals surface area contributed by atoms with Gasteiger partial charge in [0.2, 0.25) is 17.6 Å². The van der Waals surface area contributed by atoms with Gasteiger partial charge in [-0.15, -0.1) is 0 Å². The largest absolute Gasteiger partial charge is 0.460 e. The number of carbonyl (C=O) groups is 6. The van der Waals surface area contributed by atoms with E-state index < -0.39 is 53.6 Å². The molecule has 40 heavy (non-hydrogen) atoms. The SMILES string of the molecule is CC(C)C(NC(=O)NCC(=O)OCc1ccccc1)C(=O)N1CCC(C)C1C(=O)NC(CC1CC1)C(=O)C(N)=O. The summed E-state index contributed by atoms with van der Waals surface area (Å²) < 4.78 is 5.15. The number of esters is 1. The summed E-state index contributed by atoms with van der Waals surface area (Å²) in [5.41, 5.74) is 6.00. The molecule has 0 bridgehead atoms. The Morgan fingerprint density at radius 3 is 2.30 bits per heavy atom. The van der Waals surface area contributed by atoms with Crippen LogP contribution in [0.2, 0.25) is 0 Å². The van der Waals surface area contributed by atoms with Crippen LogP contribution in [0.15, 0.2) is 30.3 Å². The van der Waals surface area contributed by atoms with Gasteiger partial charge in [-0.05, 0) is 36.2 Å². The number of Topliss-reactive ketones (excluding diaryl/α,β-unsaturated/α-hetero) is 1. The highest BCUT2D eigenvalue weighted by molar-refractivity contribution is 6.37. The molecule has 2 aliphatic rings. The van der Waals surface area contributed by atoms with Gasteiger partial charge in [-0.25, -0.2) is 4.79 Å². The minimum absolute atomic E-state index is 0.0687. The van der Waals surface area contributed by atoms with Crippen LogP contribution in [-0.2, 0) is 35.3 Å². The van der Waals surface area contributed by atoms with Crippen molar-refractivity contribution >= 4 is 35.5 Å². The van der Waals surface area contributed by atoms with Gasteiger partial charge in [0.1, 0.15) is 25.2 Å². The number of rotatable bonds is 13. The number of carbonyl (C=O) groups excluding carboxylic acids is 6. The summed E-state index contributed by atoms with van der Waals surface area (Å²) >= 11 is 0. The van der Waals surface area contributed by atoms with Gasteiger partial charge >= 0.3 is 12.0 Å². The predicted molar refractivity (Wildman–Crippen MR) is 144 cm³/mol. The van der Waals surface area contributed by atoms with Crippen molar-refractivity contribution in [2.45, 2.75) is 71.2 Å². The van der Waals surface area contributed by atoms with Gasteiger partial charge in [0.25, 0.3) is 5.91 Å². The summed E-state index contributed by atoms with van der Waals surface area (Å²) in [6.07, 6.45) is 2.70. The molecule has 5 amide bonds. The number of ketones is 1. The van der Waals surface area contributed by atoms with E-state index in [1.54, 1.807) is 13.8 Å². The number of likely N-dealkylation sites (tertiary alicyclic amines) is 1. The van der Waals surface area contributed by atoms with E-state index in [1.165, 1.54) is 4.90 Å². The van der Waals surface area contributed by atoms with Crippen molar-refractivity contribution in [3.8, 4) is 0 Å². The monoisotopic (exact) mass is 557 g/mol. The van der Waals surface area contributed by atoms with Crippen LogP contribution in [0, 0.1) is 17.8 Å². The Kier molecular flexibility index (Phi) is 10.6. The molecule has 1 aromatic rings. The number of primary amides is 1. The fraction of sp³-hybridized carbons (Fsp3) is 0.571. The molecular weight excluding hydrogens is 518 g/mol. The van der Waals surface area contributed by atoms with E-state index in [4.69, 9.17) is 10.5 Å². The van der Waals surface area contributed by atoms with E-state index in [2.05, 4.69) is 16.0 Å². The van der Waals surface area contributed by atoms with Crippen molar-refractivity contribution in [2.75, 3.05) is 13.1 Å². The van der Waals surface area contributed by atoms with Crippen molar-refractivity contribution in [3.63, 3.8) is 0 Å². The molecule has 1 aromatic carbocycles. The Bertz CT molecular complexity index is 1110. The average Bonchev–Trinajstić information content (AvgIpc) is 3.66. The third kappa shape index (κ3) is 8.52. The molecule has 12 heteroatoms. The van der Waals surface area contributed by atoms with Gasteiger partial charge in [-0.3, -0.25) is 24.0 Å². The third-order valence-corrected chi connectivity index (χ3v) is 7.25. The molecule has 218 valence electrons. The van der Waals surface area contributed by atoms with Crippen molar-refractivity contribution in [1.82, 2.24) is 20.9 Å². The molecule has 1 aliphatic heterocycles. The Balaban J connectivity index is 1.58. The first-order valence-electron chi connectivity index (χ1n) is 13.7. The molecule has 5 N–H and O–H groups in total. The van der Waals surface area contributed by atoms with Crippen molar-refractivity contribution in [2.24, 2.45) is 23.5 Å². The molecule has 1 saturated heterocycles. The van der Waals surface area contributed by atoms with Crippen LogP contribution in [-0.4, -0.2) is 71.6 Å². The molecule has 1 saturated carbocycles. The van der Waals surface area contributed by atoms with Gasteiger partial charge in [0, 0.05) is 6.54 Å². The highest BCUT2D eigenvalue weighted by atomic mass is 16.5. The number of hydrogen-bond acceptors (Lipinski definition) is 7. The molecule has 2 fully saturated rings. The summed E-state index contributed by atoms with van der Waals surface area (Å²) in [5, 5.41) is 7.68. The Morgan fingerprint density at radius 2 is 1.70 bits per heavy atom. The number of amides is 5. The van der Waals surface area contributed by atoms with E-state index in [1.807, 2.05) is 37.3 Å². The summed E-state index contributed by atoms with van der Waals surface area (Å²) in [4.78, 5) is 76.8. The highest BCUT2D eigenvalue weighted by Gasteiger charge is 2.44. The number of ether oxygens (including phenoxy) is 1. The number of nitrogens with one attached hydrogen (secondary N) is 3. The van der Waals surface area contributed by atoms with Crippen LogP contribution >= 0.6 is 0 Å². The lowest BCUT2D eigenvalue weighted by atomic mass is 9.98. The first-order chi connectivity index (χ1) is 19.0. The number of benzene rings is 1. The normalized spacial score (nSPS) is 19.9. The number of urea groups is 1. The van der Waals surface area contributed by atoms with Crippen LogP contribution in [0.25, 0.3) is 0 Å². The lowest BCUT2D eigenvalue weighted by molar-refractivity contribution is -0.143. The topological polar surface area (TPSA) is 177 Å². The van der Waals surface area contributed by atoms with Gasteiger partial charge < -0.3 is 31.3 Å². The standard InChI is InChI=1S/C28H39N5O7/c1-16(2)22(32-28(39)30-14-21(34)40-15-19-7-5-4-6-8-19)27(38)33-12-11-17(3)23(33)26(37)31-20(13-18-9-10-18)24(35)25(29)36/h4-8,16-18,20,22-23H,9-15H2,1-3H3,(H2,29,36)(H,31,37)(H2,30,32,39). The summed E-state index contributed by atoms with van der Waals surface area (Å²) in [6.45, 7) is 5.30. The maximum Gasteiger partial charge on any atom is 0.325 e. The maximum absolute atomic E-state index is 13.6. The van der Waals surface area contributed by atoms with Gasteiger partial charge in [-0.2, -0.15) is 0 Å². The molecule has 4 unspecified atom stereocenters. The predicted octanol–water partition coefficient (Wildman–Crippen LogP) is 0.630. The molecule has 0 spiro atoms. The fourth-order valence-corrected chi connectivity index (χ4v) is 4.77. The maximum atomic E-state index is 13.6. The van der Waals surface area contributed by atoms with E-state index in [-0.39, 0.29) is 37.5 Å². The molecule has 12 nitrogen and oxygen atoms in total. The van der Waals surface area contributed by atoms with E-state index in [0.717, 1.165) is 18.4 Å². The third-order valence-electron chi connectivity index (χ3n) is 7.25. The highest BCUT2D eigenvalue weighted by Crippen LogP contribution is 2.34. The van der Waals surface area contributed by atoms with E-state index in [9.17, 15) is 28.8 Å². The van der Waals surface area contributed by atoms with Crippen molar-refractivity contribution < 1.29 is 33.5 Å². The van der Waals surface area contributed by atoms with Crippen LogP contribution in [0.1, 0.15) is 52.0 Å². The second kappa shape index (κ2) is 13.9. The second-order valence-corrected chi connectivity index (χ2v) is 10.9. The van der Waals surface area contributed by atoms with Gasteiger partial charge in [-0.1, -0.05) is 63.9 Å². The van der Waals surface area contributed by atoms with Crippen LogP contribution < -0.4 is 21.7 Å². The quantitative estimate of drug-likeness (QED) is 0.203. The minimum atomic E-state index is -1.11. The molecule has 3 rings (SSSR count). The summed E-state index contributed by atoms with van der Waals surface area (Å²) in [7, 11) is 0. The molecule has 0 aromatic heterocycles. The number of nitrogens with two attached hydrogens (primary N) is 1. The molecule has 1 heterocycles. The Labute approximate surface area is 233 Å². The summed E-state index contributed by atoms with van der Waals surface area (Å²) in [5.74, 6) is -3.90. The van der Waals surface area contributed by atoms with E-state index in [0.29, 0.717) is 12.8 Å². The van der Waals surface area contributed by atoms with Crippen LogP contribution in [0.5, 0.6) is 0 Å². The molecule has 4 atom stereocenters. The molecule has 1 aliphatic carbocycles. The van der Waals surface area contributed by atoms with Crippen LogP contribution in [0.3, 0.4) is 0 Å². The zero-order chi connectivity index (χ0) is 29.4. The number of hydrogen-bond donors (Lipinski definition) is 4. The van der Waals surface area contributed by atoms with Crippen molar-refractivity contribution in [3.05, 3.63) is 35.9 Å². The lowest BCUT2D eigenvalue weighted by Gasteiger charge is -2.32. The molecule has 0 radical (unpaired) electrons. The first-order valence-corrected chi connectivity index (χ1v) is 13.7.